The van der Waals surface area contributed by atoms with Crippen molar-refractivity contribution >= 4 is 23.7 Å². The minimum atomic E-state index is -1.01. The molecule has 6 heteroatoms. The molecule has 1 saturated heterocycles. The molecule has 24 heavy (non-hydrogen) atoms. The first kappa shape index (κ1) is 19.1. The first-order valence-electron chi connectivity index (χ1n) is 8.48. The summed E-state index contributed by atoms with van der Waals surface area (Å²) in [4.78, 5) is 23.1. The van der Waals surface area contributed by atoms with Gasteiger partial charge in [-0.1, -0.05) is 17.2 Å². The van der Waals surface area contributed by atoms with Crippen LogP contribution in [0.25, 0.3) is 0 Å². The summed E-state index contributed by atoms with van der Waals surface area (Å²) in [6.07, 6.45) is 8.15. The van der Waals surface area contributed by atoms with Crippen LogP contribution in [0.1, 0.15) is 39.5 Å². The molecule has 0 spiro atoms. The number of hydrogen-bond donors (Lipinski definition) is 2. The maximum absolute atomic E-state index is 12.3. The smallest absolute Gasteiger partial charge is 0.321 e. The van der Waals surface area contributed by atoms with Crippen LogP contribution in [0.5, 0.6) is 0 Å². The van der Waals surface area contributed by atoms with Crippen molar-refractivity contribution in [3.8, 4) is 0 Å². The van der Waals surface area contributed by atoms with E-state index in [9.17, 15) is 9.59 Å². The van der Waals surface area contributed by atoms with E-state index in [1.165, 1.54) is 22.9 Å². The zero-order valence-electron chi connectivity index (χ0n) is 14.4. The van der Waals surface area contributed by atoms with Crippen molar-refractivity contribution in [3.05, 3.63) is 23.3 Å². The fourth-order valence-corrected chi connectivity index (χ4v) is 4.40. The molecule has 3 N–H and O–H groups in total. The molecule has 0 radical (unpaired) electrons. The maximum Gasteiger partial charge on any atom is 0.321 e. The Labute approximate surface area is 147 Å². The molecule has 1 fully saturated rings. The number of carbonyl (C=O) groups excluding carboxylic acids is 1. The molecule has 2 rings (SSSR count). The highest BCUT2D eigenvalue weighted by molar-refractivity contribution is 7.99. The number of thioether (sulfide) groups is 1. The van der Waals surface area contributed by atoms with Gasteiger partial charge in [0.05, 0.1) is 5.92 Å². The summed E-state index contributed by atoms with van der Waals surface area (Å²) in [5.74, 6) is -0.320. The molecule has 1 heterocycles. The van der Waals surface area contributed by atoms with Crippen molar-refractivity contribution in [1.29, 1.82) is 0 Å². The fraction of sp³-hybridized carbons (Fsp3) is 0.667. The number of hydrogen-bond acceptors (Lipinski definition) is 5. The molecular formula is C18H27NO4S. The van der Waals surface area contributed by atoms with Crippen molar-refractivity contribution in [3.63, 3.8) is 0 Å². The molecule has 0 saturated carbocycles. The van der Waals surface area contributed by atoms with Crippen LogP contribution in [0.4, 0.5) is 0 Å². The molecule has 0 bridgehead atoms. The Morgan fingerprint density at radius 1 is 1.42 bits per heavy atom. The van der Waals surface area contributed by atoms with E-state index in [1.807, 2.05) is 0 Å². The van der Waals surface area contributed by atoms with Gasteiger partial charge in [0.2, 0.25) is 0 Å². The molecule has 5 nitrogen and oxygen atoms in total. The van der Waals surface area contributed by atoms with Gasteiger partial charge in [-0.15, -0.1) is 0 Å². The van der Waals surface area contributed by atoms with Crippen LogP contribution in [0.3, 0.4) is 0 Å². The van der Waals surface area contributed by atoms with E-state index in [-0.39, 0.29) is 23.9 Å². The van der Waals surface area contributed by atoms with Gasteiger partial charge in [-0.3, -0.25) is 9.59 Å². The van der Waals surface area contributed by atoms with E-state index in [4.69, 9.17) is 15.6 Å². The van der Waals surface area contributed by atoms with E-state index in [0.29, 0.717) is 11.5 Å². The monoisotopic (exact) mass is 353 g/mol. The normalized spacial score (nSPS) is 31.3. The van der Waals surface area contributed by atoms with Crippen molar-refractivity contribution < 1.29 is 19.4 Å². The van der Waals surface area contributed by atoms with Gasteiger partial charge >= 0.3 is 11.9 Å². The van der Waals surface area contributed by atoms with Crippen molar-refractivity contribution in [2.24, 2.45) is 17.6 Å². The molecule has 0 amide bonds. The van der Waals surface area contributed by atoms with Crippen molar-refractivity contribution in [2.45, 2.75) is 51.7 Å². The second-order valence-electron chi connectivity index (χ2n) is 6.79. The van der Waals surface area contributed by atoms with Crippen LogP contribution in [0.2, 0.25) is 0 Å². The second-order valence-corrected chi connectivity index (χ2v) is 7.87. The number of carboxylic acids is 1. The Morgan fingerprint density at radius 3 is 2.88 bits per heavy atom. The predicted octanol–water partition coefficient (Wildman–Crippen LogP) is 2.76. The topological polar surface area (TPSA) is 89.6 Å². The quantitative estimate of drug-likeness (QED) is 0.583. The molecule has 1 aliphatic carbocycles. The lowest BCUT2D eigenvalue weighted by Crippen LogP contribution is -2.33. The Hall–Kier alpha value is -1.27. The van der Waals surface area contributed by atoms with Crippen LogP contribution in [0.15, 0.2) is 23.3 Å². The van der Waals surface area contributed by atoms with Gasteiger partial charge in [-0.25, -0.2) is 0 Å². The average Bonchev–Trinajstić information content (AvgIpc) is 2.80. The number of carboxylic acid groups (broad SMARTS) is 1. The van der Waals surface area contributed by atoms with Crippen LogP contribution in [-0.4, -0.2) is 40.7 Å². The molecule has 134 valence electrons. The molecule has 1 aliphatic heterocycles. The van der Waals surface area contributed by atoms with Crippen molar-refractivity contribution in [2.75, 3.05) is 11.5 Å². The molecule has 2 aliphatic rings. The largest absolute Gasteiger partial charge is 0.480 e. The zero-order chi connectivity index (χ0) is 17.7. The summed E-state index contributed by atoms with van der Waals surface area (Å²) >= 11 is 1.43. The third-order valence-corrected chi connectivity index (χ3v) is 5.95. The second kappa shape index (κ2) is 8.72. The molecule has 0 aromatic rings. The minimum absolute atomic E-state index is 0.151. The Balaban J connectivity index is 2.04. The van der Waals surface area contributed by atoms with E-state index < -0.39 is 12.0 Å². The Bertz CT molecular complexity index is 543. The number of rotatable bonds is 5. The van der Waals surface area contributed by atoms with E-state index in [2.05, 4.69) is 26.0 Å². The van der Waals surface area contributed by atoms with Gasteiger partial charge < -0.3 is 15.6 Å². The Kier molecular flexibility index (Phi) is 6.92. The molecule has 0 aromatic heterocycles. The lowest BCUT2D eigenvalue weighted by molar-refractivity contribution is -0.142. The molecular weight excluding hydrogens is 326 g/mol. The first-order valence-corrected chi connectivity index (χ1v) is 9.63. The summed E-state index contributed by atoms with van der Waals surface area (Å²) in [5.41, 5.74) is 8.15. The standard InChI is InChI=1S/C18H27NO4S/c1-11-4-3-5-12(2)8-16-13(7-6-11)14(18(22)23-16)9-24-10-15(19)17(20)21/h4,8,13-16H,3,5-7,9-10,19H2,1-2H3,(H,20,21)/b11-4?,12-8+/t13-,14-,15-,16+/m0/s1. The highest BCUT2D eigenvalue weighted by Crippen LogP contribution is 2.37. The number of allylic oxidation sites excluding steroid dienone is 3. The number of nitrogens with two attached hydrogens (primary N) is 1. The first-order chi connectivity index (χ1) is 11.4. The molecule has 0 aromatic carbocycles. The van der Waals surface area contributed by atoms with Crippen LogP contribution < -0.4 is 5.73 Å². The number of esters is 1. The highest BCUT2D eigenvalue weighted by Gasteiger charge is 2.43. The summed E-state index contributed by atoms with van der Waals surface area (Å²) in [6, 6.07) is -0.889. The summed E-state index contributed by atoms with van der Waals surface area (Å²) < 4.78 is 5.62. The average molecular weight is 353 g/mol. The number of aliphatic carboxylic acids is 1. The van der Waals surface area contributed by atoms with Gasteiger partial charge in [-0.05, 0) is 45.6 Å². The highest BCUT2D eigenvalue weighted by atomic mass is 32.2. The van der Waals surface area contributed by atoms with Gasteiger partial charge in [0.1, 0.15) is 12.1 Å². The van der Waals surface area contributed by atoms with Gasteiger partial charge in [0, 0.05) is 17.4 Å². The maximum atomic E-state index is 12.3. The lowest BCUT2D eigenvalue weighted by Gasteiger charge is -2.21. The number of ether oxygens (including phenoxy) is 1. The van der Waals surface area contributed by atoms with Crippen molar-refractivity contribution in [1.82, 2.24) is 0 Å². The summed E-state index contributed by atoms with van der Waals surface area (Å²) in [7, 11) is 0. The fourth-order valence-electron chi connectivity index (χ4n) is 3.23. The van der Waals surface area contributed by atoms with Crippen LogP contribution >= 0.6 is 11.8 Å². The third-order valence-electron chi connectivity index (χ3n) is 4.76. The third kappa shape index (κ3) is 5.11. The number of fused-ring (bicyclic) bond motifs is 1. The van der Waals surface area contributed by atoms with Gasteiger partial charge in [-0.2, -0.15) is 11.8 Å². The summed E-state index contributed by atoms with van der Waals surface area (Å²) in [6.45, 7) is 4.23. The van der Waals surface area contributed by atoms with E-state index in [0.717, 1.165) is 25.7 Å². The van der Waals surface area contributed by atoms with Gasteiger partial charge in [0.25, 0.3) is 0 Å². The van der Waals surface area contributed by atoms with Gasteiger partial charge in [0.15, 0.2) is 0 Å². The lowest BCUT2D eigenvalue weighted by atomic mass is 9.84. The molecule has 0 unspecified atom stereocenters. The van der Waals surface area contributed by atoms with Crippen LogP contribution in [0, 0.1) is 11.8 Å². The van der Waals surface area contributed by atoms with E-state index >= 15 is 0 Å². The predicted molar refractivity (Wildman–Crippen MR) is 95.8 cm³/mol. The number of carbonyl (C=O) groups is 2. The minimum Gasteiger partial charge on any atom is -0.480 e. The molecule has 4 atom stereocenters. The Morgan fingerprint density at radius 2 is 2.17 bits per heavy atom. The zero-order valence-corrected chi connectivity index (χ0v) is 15.2. The summed E-state index contributed by atoms with van der Waals surface area (Å²) in [5, 5.41) is 8.85. The van der Waals surface area contributed by atoms with Crippen LogP contribution in [-0.2, 0) is 14.3 Å². The SMILES string of the molecule is CC1=CCC/C(C)=C/[C@H]2OC(=O)[C@@H](CSC[C@H](N)C(=O)O)[C@@H]2CC1. The van der Waals surface area contributed by atoms with E-state index in [1.54, 1.807) is 0 Å².